The fourth-order valence-corrected chi connectivity index (χ4v) is 3.46. The highest BCUT2D eigenvalue weighted by Gasteiger charge is 2.44. The molecule has 0 saturated heterocycles. The van der Waals surface area contributed by atoms with E-state index in [1.165, 1.54) is 0 Å². The number of ether oxygens (including phenoxy) is 2. The molecule has 1 saturated carbocycles. The van der Waals surface area contributed by atoms with Gasteiger partial charge in [0.05, 0.1) is 18.3 Å². The number of aryl methyl sites for hydroxylation is 1. The molecule has 1 aromatic rings. The zero-order chi connectivity index (χ0) is 19.5. The third-order valence-corrected chi connectivity index (χ3v) is 4.69. The Labute approximate surface area is 153 Å². The van der Waals surface area contributed by atoms with Crippen LogP contribution >= 0.6 is 0 Å². The molecule has 1 heterocycles. The molecule has 1 fully saturated rings. The van der Waals surface area contributed by atoms with Crippen LogP contribution in [0.5, 0.6) is 0 Å². The van der Waals surface area contributed by atoms with Gasteiger partial charge in [0.1, 0.15) is 11.2 Å². The number of carbonyl (C=O) groups is 3. The molecule has 1 aliphatic carbocycles. The Morgan fingerprint density at radius 2 is 1.81 bits per heavy atom. The van der Waals surface area contributed by atoms with Gasteiger partial charge in [0, 0.05) is 5.69 Å². The first-order chi connectivity index (χ1) is 12.2. The average Bonchev–Trinajstić information content (AvgIpc) is 3.12. The molecular weight excluding hydrogens is 336 g/mol. The lowest BCUT2D eigenvalue weighted by Crippen LogP contribution is -2.53. The Hall–Kier alpha value is -2.31. The van der Waals surface area contributed by atoms with E-state index >= 15 is 0 Å². The van der Waals surface area contributed by atoms with Crippen LogP contribution in [0.15, 0.2) is 0 Å². The van der Waals surface area contributed by atoms with Gasteiger partial charge in [-0.05, 0) is 53.0 Å². The number of hydrogen-bond donors (Lipinski definition) is 2. The van der Waals surface area contributed by atoms with Gasteiger partial charge in [-0.25, -0.2) is 9.59 Å². The molecule has 0 radical (unpaired) electrons. The van der Waals surface area contributed by atoms with Gasteiger partial charge >= 0.3 is 11.9 Å². The topological polar surface area (TPSA) is 97.5 Å². The van der Waals surface area contributed by atoms with Crippen molar-refractivity contribution in [3.05, 3.63) is 22.5 Å². The smallest absolute Gasteiger partial charge is 0.340 e. The van der Waals surface area contributed by atoms with Gasteiger partial charge in [-0.2, -0.15) is 0 Å². The summed E-state index contributed by atoms with van der Waals surface area (Å²) in [5.74, 6) is -1.28. The normalized spacial score (nSPS) is 15.8. The highest BCUT2D eigenvalue weighted by atomic mass is 16.5. The number of aromatic amines is 1. The number of aromatic nitrogens is 1. The van der Waals surface area contributed by atoms with Crippen molar-refractivity contribution >= 4 is 17.8 Å². The number of nitrogens with one attached hydrogen (secondary N) is 2. The number of hydrogen-bond acceptors (Lipinski definition) is 5. The maximum absolute atomic E-state index is 12.8. The van der Waals surface area contributed by atoms with Gasteiger partial charge in [-0.1, -0.05) is 12.8 Å². The minimum atomic E-state index is -0.989. The van der Waals surface area contributed by atoms with Crippen molar-refractivity contribution in [1.82, 2.24) is 10.3 Å². The lowest BCUT2D eigenvalue weighted by Gasteiger charge is -2.27. The second-order valence-electron chi connectivity index (χ2n) is 7.04. The molecule has 0 aliphatic heterocycles. The van der Waals surface area contributed by atoms with Gasteiger partial charge in [-0.15, -0.1) is 0 Å². The van der Waals surface area contributed by atoms with E-state index < -0.39 is 23.4 Å². The van der Waals surface area contributed by atoms with E-state index in [1.54, 1.807) is 34.6 Å². The molecule has 0 unspecified atom stereocenters. The second-order valence-corrected chi connectivity index (χ2v) is 7.04. The summed E-state index contributed by atoms with van der Waals surface area (Å²) in [7, 11) is 0. The predicted molar refractivity (Wildman–Crippen MR) is 96.1 cm³/mol. The Bertz CT molecular complexity index is 699. The molecule has 144 valence electrons. The second kappa shape index (κ2) is 7.93. The molecule has 7 heteroatoms. The molecule has 0 bridgehead atoms. The monoisotopic (exact) mass is 364 g/mol. The Morgan fingerprint density at radius 1 is 1.19 bits per heavy atom. The third kappa shape index (κ3) is 3.92. The number of H-pyrrole nitrogens is 1. The van der Waals surface area contributed by atoms with E-state index in [2.05, 4.69) is 10.3 Å². The van der Waals surface area contributed by atoms with Crippen LogP contribution in [0.3, 0.4) is 0 Å². The lowest BCUT2D eigenvalue weighted by atomic mass is 9.97. The molecular formula is C19H28N2O5. The van der Waals surface area contributed by atoms with Gasteiger partial charge in [0.2, 0.25) is 0 Å². The zero-order valence-corrected chi connectivity index (χ0v) is 16.2. The Kier molecular flexibility index (Phi) is 6.10. The molecule has 1 aromatic heterocycles. The van der Waals surface area contributed by atoms with Gasteiger partial charge in [0.15, 0.2) is 0 Å². The molecule has 1 aliphatic rings. The van der Waals surface area contributed by atoms with Crippen molar-refractivity contribution in [3.8, 4) is 0 Å². The summed E-state index contributed by atoms with van der Waals surface area (Å²) in [6, 6.07) is 0. The van der Waals surface area contributed by atoms with Crippen molar-refractivity contribution in [2.45, 2.75) is 71.9 Å². The molecule has 26 heavy (non-hydrogen) atoms. The van der Waals surface area contributed by atoms with Crippen LogP contribution in [0.4, 0.5) is 0 Å². The average molecular weight is 364 g/mol. The maximum Gasteiger partial charge on any atom is 0.340 e. The summed E-state index contributed by atoms with van der Waals surface area (Å²) in [4.78, 5) is 40.5. The van der Waals surface area contributed by atoms with Crippen molar-refractivity contribution in [2.24, 2.45) is 0 Å². The summed E-state index contributed by atoms with van der Waals surface area (Å²) >= 11 is 0. The molecule has 1 amide bonds. The van der Waals surface area contributed by atoms with Crippen molar-refractivity contribution in [3.63, 3.8) is 0 Å². The fourth-order valence-electron chi connectivity index (χ4n) is 3.46. The lowest BCUT2D eigenvalue weighted by molar-refractivity contribution is -0.150. The fraction of sp³-hybridized carbons (Fsp3) is 0.632. The van der Waals surface area contributed by atoms with Crippen LogP contribution in [-0.2, 0) is 14.3 Å². The number of carbonyl (C=O) groups excluding carboxylic acids is 3. The van der Waals surface area contributed by atoms with E-state index in [0.29, 0.717) is 29.7 Å². The zero-order valence-electron chi connectivity index (χ0n) is 16.2. The first-order valence-electron chi connectivity index (χ1n) is 9.11. The van der Waals surface area contributed by atoms with Crippen molar-refractivity contribution in [1.29, 1.82) is 0 Å². The minimum Gasteiger partial charge on any atom is -0.464 e. The summed E-state index contributed by atoms with van der Waals surface area (Å²) < 4.78 is 10.4. The SMILES string of the molecule is CCOC(=O)C1(NC(=O)c2[nH]c(C)c(C(=O)OC(C)C)c2C)CCCC1. The van der Waals surface area contributed by atoms with Crippen molar-refractivity contribution in [2.75, 3.05) is 6.61 Å². The quantitative estimate of drug-likeness (QED) is 0.757. The highest BCUT2D eigenvalue weighted by Crippen LogP contribution is 2.32. The van der Waals surface area contributed by atoms with Crippen molar-refractivity contribution < 1.29 is 23.9 Å². The summed E-state index contributed by atoms with van der Waals surface area (Å²) in [6.07, 6.45) is 2.57. The molecule has 0 spiro atoms. The summed E-state index contributed by atoms with van der Waals surface area (Å²) in [5, 5.41) is 2.86. The minimum absolute atomic E-state index is 0.251. The van der Waals surface area contributed by atoms with E-state index in [-0.39, 0.29) is 18.4 Å². The van der Waals surface area contributed by atoms with Crippen LogP contribution in [0.25, 0.3) is 0 Å². The van der Waals surface area contributed by atoms with E-state index in [1.807, 2.05) is 0 Å². The van der Waals surface area contributed by atoms with Crippen LogP contribution in [0, 0.1) is 13.8 Å². The van der Waals surface area contributed by atoms with E-state index in [9.17, 15) is 14.4 Å². The van der Waals surface area contributed by atoms with Gasteiger partial charge < -0.3 is 19.8 Å². The van der Waals surface area contributed by atoms with Crippen LogP contribution < -0.4 is 5.32 Å². The number of amides is 1. The summed E-state index contributed by atoms with van der Waals surface area (Å²) in [5.41, 5.74) is 0.726. The van der Waals surface area contributed by atoms with Crippen LogP contribution in [0.1, 0.15) is 78.6 Å². The molecule has 7 nitrogen and oxygen atoms in total. The number of esters is 2. The van der Waals surface area contributed by atoms with E-state index in [4.69, 9.17) is 9.47 Å². The Morgan fingerprint density at radius 3 is 2.35 bits per heavy atom. The Balaban J connectivity index is 2.27. The molecule has 2 N–H and O–H groups in total. The molecule has 2 rings (SSSR count). The highest BCUT2D eigenvalue weighted by molar-refractivity contribution is 6.02. The first-order valence-corrected chi connectivity index (χ1v) is 9.11. The van der Waals surface area contributed by atoms with Crippen LogP contribution in [0.2, 0.25) is 0 Å². The standard InChI is InChI=1S/C19H28N2O5/c1-6-25-18(24)19(9-7-8-10-19)21-16(22)15-12(4)14(13(5)20-15)17(23)26-11(2)3/h11,20H,6-10H2,1-5H3,(H,21,22). The van der Waals surface area contributed by atoms with Gasteiger partial charge in [0.25, 0.3) is 5.91 Å². The predicted octanol–water partition coefficient (Wildman–Crippen LogP) is 2.80. The molecule has 0 aromatic carbocycles. The maximum atomic E-state index is 12.8. The van der Waals surface area contributed by atoms with Gasteiger partial charge in [-0.3, -0.25) is 4.79 Å². The largest absolute Gasteiger partial charge is 0.464 e. The first kappa shape index (κ1) is 20.0. The number of rotatable bonds is 6. The summed E-state index contributed by atoms with van der Waals surface area (Å²) in [6.45, 7) is 8.96. The molecule has 0 atom stereocenters. The van der Waals surface area contributed by atoms with E-state index in [0.717, 1.165) is 12.8 Å². The van der Waals surface area contributed by atoms with Crippen LogP contribution in [-0.4, -0.2) is 41.1 Å². The third-order valence-electron chi connectivity index (χ3n) is 4.69.